The fraction of sp³-hybridized carbons (Fsp3) is 0.400. The Kier molecular flexibility index (Phi) is 7.35. The van der Waals surface area contributed by atoms with Gasteiger partial charge in [0, 0.05) is 29.8 Å². The fourth-order valence-corrected chi connectivity index (χ4v) is 4.75. The van der Waals surface area contributed by atoms with Gasteiger partial charge >= 0.3 is 6.09 Å². The number of nitrogen functional groups attached to an aromatic ring is 1. The first kappa shape index (κ1) is 27.4. The second-order valence-electron chi connectivity index (χ2n) is 11.4. The normalized spacial score (nSPS) is 17.0. The molecule has 9 nitrogen and oxygen atoms in total. The summed E-state index contributed by atoms with van der Waals surface area (Å²) in [6.07, 6.45) is 3.39. The summed E-state index contributed by atoms with van der Waals surface area (Å²) in [5, 5.41) is 2.83. The fourth-order valence-electron chi connectivity index (χ4n) is 4.75. The summed E-state index contributed by atoms with van der Waals surface area (Å²) in [4.78, 5) is 35.5. The van der Waals surface area contributed by atoms with Crippen molar-refractivity contribution in [3.05, 3.63) is 65.2 Å². The lowest BCUT2D eigenvalue weighted by molar-refractivity contribution is 0.0276. The average Bonchev–Trinajstić information content (AvgIpc) is 3.64. The molecule has 2 heterocycles. The molecule has 1 atom stereocenters. The highest BCUT2D eigenvalue weighted by molar-refractivity contribution is 6.05. The molecule has 1 unspecified atom stereocenters. The van der Waals surface area contributed by atoms with Gasteiger partial charge in [0.25, 0.3) is 5.91 Å². The molecule has 40 heavy (non-hydrogen) atoms. The summed E-state index contributed by atoms with van der Waals surface area (Å²) in [7, 11) is 0. The number of nitrogens with two attached hydrogens (primary N) is 1. The largest absolute Gasteiger partial charge is 0.482 e. The van der Waals surface area contributed by atoms with E-state index in [2.05, 4.69) is 15.3 Å². The number of ether oxygens (including phenoxy) is 2. The molecule has 210 valence electrons. The second kappa shape index (κ2) is 10.7. The zero-order valence-electron chi connectivity index (χ0n) is 23.2. The molecule has 0 bridgehead atoms. The summed E-state index contributed by atoms with van der Waals surface area (Å²) in [5.41, 5.74) is 8.90. The molecule has 5 rings (SSSR count). The molecular weight excluding hydrogens is 513 g/mol. The van der Waals surface area contributed by atoms with Gasteiger partial charge in [-0.15, -0.1) is 0 Å². The molecule has 0 radical (unpaired) electrons. The summed E-state index contributed by atoms with van der Waals surface area (Å²) >= 11 is 0. The molecule has 1 aliphatic heterocycles. The number of hydrogen-bond donors (Lipinski definition) is 2. The lowest BCUT2D eigenvalue weighted by Gasteiger charge is -2.24. The summed E-state index contributed by atoms with van der Waals surface area (Å²) in [6, 6.07) is 10.1. The van der Waals surface area contributed by atoms with Crippen molar-refractivity contribution in [1.82, 2.24) is 14.9 Å². The van der Waals surface area contributed by atoms with Gasteiger partial charge in [-0.25, -0.2) is 19.2 Å². The van der Waals surface area contributed by atoms with E-state index < -0.39 is 17.5 Å². The van der Waals surface area contributed by atoms with E-state index in [1.807, 2.05) is 32.9 Å². The Bertz CT molecular complexity index is 1430. The van der Waals surface area contributed by atoms with Crippen LogP contribution < -0.4 is 15.8 Å². The number of likely N-dealkylation sites (tertiary alicyclic amines) is 1. The molecule has 3 aromatic rings. The highest BCUT2D eigenvalue weighted by Gasteiger charge is 2.32. The van der Waals surface area contributed by atoms with Crippen molar-refractivity contribution in [1.29, 1.82) is 0 Å². The van der Waals surface area contributed by atoms with E-state index in [9.17, 15) is 14.0 Å². The number of amides is 2. The van der Waals surface area contributed by atoms with E-state index in [0.29, 0.717) is 53.5 Å². The number of hydrogen-bond acceptors (Lipinski definition) is 7. The van der Waals surface area contributed by atoms with Gasteiger partial charge in [-0.3, -0.25) is 4.79 Å². The van der Waals surface area contributed by atoms with Gasteiger partial charge in [-0.1, -0.05) is 12.1 Å². The lowest BCUT2D eigenvalue weighted by Crippen LogP contribution is -2.36. The lowest BCUT2D eigenvalue weighted by atomic mass is 10.0. The molecule has 2 aromatic carbocycles. The van der Waals surface area contributed by atoms with Crippen LogP contribution in [0.3, 0.4) is 0 Å². The van der Waals surface area contributed by atoms with Crippen molar-refractivity contribution in [3.8, 4) is 17.0 Å². The topological polar surface area (TPSA) is 120 Å². The summed E-state index contributed by atoms with van der Waals surface area (Å²) < 4.78 is 26.6. The molecule has 2 fully saturated rings. The van der Waals surface area contributed by atoms with E-state index in [0.717, 1.165) is 0 Å². The van der Waals surface area contributed by atoms with Crippen molar-refractivity contribution < 1.29 is 23.5 Å². The van der Waals surface area contributed by atoms with E-state index in [1.54, 1.807) is 24.0 Å². The van der Waals surface area contributed by atoms with Crippen molar-refractivity contribution in [3.63, 3.8) is 0 Å². The minimum Gasteiger partial charge on any atom is -0.482 e. The van der Waals surface area contributed by atoms with Crippen LogP contribution in [-0.2, 0) is 4.74 Å². The highest BCUT2D eigenvalue weighted by atomic mass is 19.1. The van der Waals surface area contributed by atoms with E-state index in [1.165, 1.54) is 36.9 Å². The van der Waals surface area contributed by atoms with Crippen LogP contribution in [0.25, 0.3) is 11.3 Å². The number of benzene rings is 2. The van der Waals surface area contributed by atoms with Gasteiger partial charge in [0.05, 0.1) is 6.54 Å². The Labute approximate surface area is 232 Å². The molecular formula is C30H34FN5O4. The first-order valence-electron chi connectivity index (χ1n) is 13.5. The van der Waals surface area contributed by atoms with Gasteiger partial charge in [-0.2, -0.15) is 0 Å². The highest BCUT2D eigenvalue weighted by Crippen LogP contribution is 2.40. The molecule has 3 N–H and O–H groups in total. The monoisotopic (exact) mass is 547 g/mol. The zero-order valence-corrected chi connectivity index (χ0v) is 23.2. The van der Waals surface area contributed by atoms with Crippen LogP contribution in [0.4, 0.5) is 20.7 Å². The van der Waals surface area contributed by atoms with Gasteiger partial charge in [0.15, 0.2) is 11.6 Å². The number of nitrogens with one attached hydrogen (secondary N) is 1. The number of aromatic nitrogens is 2. The standard InChI is InChI=1S/C30H34FN5O4/c1-17-23(13-21(31)14-24(17)35-28(37)20-9-7-19(8-10-20)18-5-6-18)25-26(27(32)34-16-33-25)39-22-11-12-36(15-22)29(38)40-30(2,3)4/h7-10,13-14,16,18,22H,5-6,11-12,15H2,1-4H3,(H,35,37)(H2,32,33,34). The summed E-state index contributed by atoms with van der Waals surface area (Å²) in [5.74, 6) is -0.0219. The average molecular weight is 548 g/mol. The Balaban J connectivity index is 1.37. The number of rotatable bonds is 6. The zero-order chi connectivity index (χ0) is 28.6. The van der Waals surface area contributed by atoms with Crippen LogP contribution in [0.1, 0.15) is 67.4 Å². The van der Waals surface area contributed by atoms with Crippen LogP contribution in [0, 0.1) is 12.7 Å². The SMILES string of the molecule is Cc1c(NC(=O)c2ccc(C3CC3)cc2)cc(F)cc1-c1ncnc(N)c1OC1CCN(C(=O)OC(C)(C)C)C1. The second-order valence-corrected chi connectivity index (χ2v) is 11.4. The Morgan fingerprint density at radius 2 is 1.82 bits per heavy atom. The van der Waals surface area contributed by atoms with Crippen molar-refractivity contribution >= 4 is 23.5 Å². The van der Waals surface area contributed by atoms with Gasteiger partial charge in [0.2, 0.25) is 0 Å². The van der Waals surface area contributed by atoms with Crippen LogP contribution in [-0.4, -0.2) is 51.7 Å². The van der Waals surface area contributed by atoms with Gasteiger partial charge in [0.1, 0.15) is 29.5 Å². The molecule has 1 aliphatic carbocycles. The van der Waals surface area contributed by atoms with Crippen LogP contribution in [0.2, 0.25) is 0 Å². The number of halogens is 1. The first-order valence-corrected chi connectivity index (χ1v) is 13.5. The molecule has 0 spiro atoms. The molecule has 1 saturated heterocycles. The number of carbonyl (C=O) groups is 2. The molecule has 10 heteroatoms. The minimum atomic E-state index is -0.608. The molecule has 2 amide bonds. The van der Waals surface area contributed by atoms with Crippen molar-refractivity contribution in [2.24, 2.45) is 0 Å². The Morgan fingerprint density at radius 3 is 2.50 bits per heavy atom. The third-order valence-electron chi connectivity index (χ3n) is 7.01. The van der Waals surface area contributed by atoms with Crippen LogP contribution in [0.5, 0.6) is 5.75 Å². The van der Waals surface area contributed by atoms with Crippen LogP contribution in [0.15, 0.2) is 42.7 Å². The van der Waals surface area contributed by atoms with E-state index in [4.69, 9.17) is 15.2 Å². The number of anilines is 2. The number of carbonyl (C=O) groups excluding carboxylic acids is 2. The molecule has 1 aromatic heterocycles. The Morgan fingerprint density at radius 1 is 1.10 bits per heavy atom. The smallest absolute Gasteiger partial charge is 0.410 e. The van der Waals surface area contributed by atoms with Gasteiger partial charge < -0.3 is 25.4 Å². The van der Waals surface area contributed by atoms with Gasteiger partial charge in [-0.05, 0) is 81.8 Å². The third kappa shape index (κ3) is 6.16. The maximum atomic E-state index is 14.9. The first-order chi connectivity index (χ1) is 19.0. The summed E-state index contributed by atoms with van der Waals surface area (Å²) in [6.45, 7) is 7.96. The van der Waals surface area contributed by atoms with Crippen LogP contribution >= 0.6 is 0 Å². The van der Waals surface area contributed by atoms with Crippen molar-refractivity contribution in [2.45, 2.75) is 64.6 Å². The van der Waals surface area contributed by atoms with E-state index in [-0.39, 0.29) is 23.6 Å². The predicted molar refractivity (Wildman–Crippen MR) is 150 cm³/mol. The van der Waals surface area contributed by atoms with Crippen molar-refractivity contribution in [2.75, 3.05) is 24.1 Å². The number of nitrogens with zero attached hydrogens (tertiary/aromatic N) is 3. The quantitative estimate of drug-likeness (QED) is 0.407. The minimum absolute atomic E-state index is 0.0886. The predicted octanol–water partition coefficient (Wildman–Crippen LogP) is 5.69. The third-order valence-corrected chi connectivity index (χ3v) is 7.01. The maximum absolute atomic E-state index is 14.9. The van der Waals surface area contributed by atoms with E-state index >= 15 is 0 Å². The maximum Gasteiger partial charge on any atom is 0.410 e. The Hall–Kier alpha value is -4.21. The molecule has 2 aliphatic rings. The molecule has 1 saturated carbocycles.